The van der Waals surface area contributed by atoms with Gasteiger partial charge in [0.15, 0.2) is 5.78 Å². The van der Waals surface area contributed by atoms with E-state index in [4.69, 9.17) is 23.2 Å². The van der Waals surface area contributed by atoms with Crippen LogP contribution < -0.4 is 0 Å². The first-order valence-corrected chi connectivity index (χ1v) is 6.00. The Morgan fingerprint density at radius 3 is 2.58 bits per heavy atom. The average molecular weight is 302 g/mol. The first-order valence-electron chi connectivity index (χ1n) is 5.25. The number of aromatic nitrogens is 1. The number of hydrogen-bond donors (Lipinski definition) is 0. The third-order valence-electron chi connectivity index (χ3n) is 2.52. The van der Waals surface area contributed by atoms with Crippen molar-refractivity contribution in [3.63, 3.8) is 0 Å². The van der Waals surface area contributed by atoms with Crippen LogP contribution in [-0.2, 0) is 6.42 Å². The fraction of sp³-hybridized carbons (Fsp3) is 0.0769. The summed E-state index contributed by atoms with van der Waals surface area (Å²) in [6.45, 7) is 0. The van der Waals surface area contributed by atoms with Crippen LogP contribution in [0.3, 0.4) is 0 Å². The maximum absolute atomic E-state index is 13.6. The van der Waals surface area contributed by atoms with E-state index in [1.54, 1.807) is 6.07 Å². The summed E-state index contributed by atoms with van der Waals surface area (Å²) in [4.78, 5) is 15.7. The van der Waals surface area contributed by atoms with Crippen LogP contribution in [0.1, 0.15) is 15.9 Å². The number of nitrogens with zero attached hydrogens (tertiary/aromatic N) is 1. The van der Waals surface area contributed by atoms with Gasteiger partial charge in [-0.15, -0.1) is 0 Å². The summed E-state index contributed by atoms with van der Waals surface area (Å²) in [5.41, 5.74) is 0.145. The number of benzene rings is 1. The molecule has 0 saturated carbocycles. The second-order valence-electron chi connectivity index (χ2n) is 3.81. The summed E-state index contributed by atoms with van der Waals surface area (Å²) in [5, 5.41) is -0.0679. The van der Waals surface area contributed by atoms with Gasteiger partial charge in [-0.05, 0) is 23.8 Å². The van der Waals surface area contributed by atoms with Crippen molar-refractivity contribution in [1.29, 1.82) is 0 Å². The van der Waals surface area contributed by atoms with Crippen LogP contribution in [-0.4, -0.2) is 10.8 Å². The Labute approximate surface area is 118 Å². The minimum atomic E-state index is -0.860. The molecule has 0 unspecified atom stereocenters. The third kappa shape index (κ3) is 3.08. The smallest absolute Gasteiger partial charge is 0.170 e. The zero-order valence-electron chi connectivity index (χ0n) is 9.46. The van der Waals surface area contributed by atoms with Crippen molar-refractivity contribution in [3.8, 4) is 0 Å². The number of hydrogen-bond acceptors (Lipinski definition) is 2. The van der Waals surface area contributed by atoms with Crippen molar-refractivity contribution in [2.75, 3.05) is 0 Å². The minimum Gasteiger partial charge on any atom is -0.294 e. The van der Waals surface area contributed by atoms with Crippen LogP contribution in [0.4, 0.5) is 8.78 Å². The van der Waals surface area contributed by atoms with Gasteiger partial charge in [0.05, 0.1) is 15.6 Å². The van der Waals surface area contributed by atoms with E-state index in [9.17, 15) is 13.6 Å². The largest absolute Gasteiger partial charge is 0.294 e. The summed E-state index contributed by atoms with van der Waals surface area (Å²) in [7, 11) is 0. The number of carbonyl (C=O) groups is 1. The Balaban J connectivity index is 2.31. The van der Waals surface area contributed by atoms with Crippen LogP contribution in [0.2, 0.25) is 10.0 Å². The van der Waals surface area contributed by atoms with Gasteiger partial charge in [0.2, 0.25) is 0 Å². The van der Waals surface area contributed by atoms with E-state index in [1.807, 2.05) is 0 Å². The molecule has 98 valence electrons. The highest BCUT2D eigenvalue weighted by atomic mass is 35.5. The van der Waals surface area contributed by atoms with Gasteiger partial charge in [-0.1, -0.05) is 23.2 Å². The monoisotopic (exact) mass is 301 g/mol. The highest BCUT2D eigenvalue weighted by molar-refractivity contribution is 6.31. The van der Waals surface area contributed by atoms with Gasteiger partial charge in [0.1, 0.15) is 11.6 Å². The van der Waals surface area contributed by atoms with E-state index < -0.39 is 17.4 Å². The number of halogens is 4. The van der Waals surface area contributed by atoms with E-state index in [-0.39, 0.29) is 17.0 Å². The number of carbonyl (C=O) groups excluding carboxylic acids is 1. The van der Waals surface area contributed by atoms with Gasteiger partial charge in [-0.2, -0.15) is 0 Å². The molecule has 0 aliphatic rings. The molecule has 0 aliphatic carbocycles. The van der Waals surface area contributed by atoms with Crippen molar-refractivity contribution in [1.82, 2.24) is 4.98 Å². The lowest BCUT2D eigenvalue weighted by Crippen LogP contribution is -2.07. The lowest BCUT2D eigenvalue weighted by atomic mass is 10.0. The second-order valence-corrected chi connectivity index (χ2v) is 4.63. The Hall–Kier alpha value is -1.52. The summed E-state index contributed by atoms with van der Waals surface area (Å²) in [6.07, 6.45) is 2.70. The number of Topliss-reactive ketones (excluding diaryl/α,β-unsaturated/α-hetero) is 1. The molecule has 1 heterocycles. The van der Waals surface area contributed by atoms with Crippen LogP contribution >= 0.6 is 23.2 Å². The number of ketones is 1. The van der Waals surface area contributed by atoms with Crippen LogP contribution in [0.25, 0.3) is 0 Å². The zero-order chi connectivity index (χ0) is 14.0. The first kappa shape index (κ1) is 13.9. The van der Waals surface area contributed by atoms with E-state index in [2.05, 4.69) is 4.98 Å². The highest BCUT2D eigenvalue weighted by Gasteiger charge is 2.16. The molecule has 0 amide bonds. The Morgan fingerprint density at radius 1 is 1.16 bits per heavy atom. The maximum Gasteiger partial charge on any atom is 0.170 e. The molecule has 1 aromatic carbocycles. The molecule has 2 rings (SSSR count). The number of pyridine rings is 1. The predicted molar refractivity (Wildman–Crippen MR) is 68.6 cm³/mol. The van der Waals surface area contributed by atoms with Gasteiger partial charge in [0, 0.05) is 18.8 Å². The van der Waals surface area contributed by atoms with E-state index >= 15 is 0 Å². The van der Waals surface area contributed by atoms with Gasteiger partial charge in [0.25, 0.3) is 0 Å². The SMILES string of the molecule is O=C(Cc1ccncc1Cl)c1cc(F)c(Cl)cc1F. The summed E-state index contributed by atoms with van der Waals surface area (Å²) < 4.78 is 26.8. The molecule has 0 N–H and O–H groups in total. The average Bonchev–Trinajstić information content (AvgIpc) is 2.36. The van der Waals surface area contributed by atoms with Crippen LogP contribution in [0.5, 0.6) is 0 Å². The lowest BCUT2D eigenvalue weighted by Gasteiger charge is -2.05. The molecule has 0 bridgehead atoms. The quantitative estimate of drug-likeness (QED) is 0.631. The molecule has 1 aromatic heterocycles. The maximum atomic E-state index is 13.6. The van der Waals surface area contributed by atoms with E-state index in [0.29, 0.717) is 10.6 Å². The van der Waals surface area contributed by atoms with Gasteiger partial charge in [-0.3, -0.25) is 9.78 Å². The molecule has 0 aliphatic heterocycles. The molecular formula is C13H7Cl2F2NO. The zero-order valence-corrected chi connectivity index (χ0v) is 11.0. The summed E-state index contributed by atoms with van der Waals surface area (Å²) >= 11 is 11.3. The molecule has 0 radical (unpaired) electrons. The fourth-order valence-electron chi connectivity index (χ4n) is 1.55. The normalized spacial score (nSPS) is 10.5. The van der Waals surface area contributed by atoms with E-state index in [0.717, 1.165) is 12.1 Å². The lowest BCUT2D eigenvalue weighted by molar-refractivity contribution is 0.0988. The molecule has 0 spiro atoms. The van der Waals surface area contributed by atoms with Crippen molar-refractivity contribution in [2.24, 2.45) is 0 Å². The van der Waals surface area contributed by atoms with Crippen molar-refractivity contribution >= 4 is 29.0 Å². The van der Waals surface area contributed by atoms with Gasteiger partial charge in [-0.25, -0.2) is 8.78 Å². The molecule has 0 saturated heterocycles. The standard InChI is InChI=1S/C13H7Cl2F2NO/c14-9-5-11(16)8(4-12(9)17)13(19)3-7-1-2-18-6-10(7)15/h1-2,4-6H,3H2. The Kier molecular flexibility index (Phi) is 4.12. The fourth-order valence-corrected chi connectivity index (χ4v) is 1.89. The molecule has 0 atom stereocenters. The molecular weight excluding hydrogens is 295 g/mol. The van der Waals surface area contributed by atoms with Crippen LogP contribution in [0.15, 0.2) is 30.6 Å². The molecule has 0 fully saturated rings. The second kappa shape index (κ2) is 5.63. The predicted octanol–water partition coefficient (Wildman–Crippen LogP) is 4.09. The Bertz CT molecular complexity index is 647. The first-order chi connectivity index (χ1) is 8.99. The minimum absolute atomic E-state index is 0.140. The van der Waals surface area contributed by atoms with Crippen molar-refractivity contribution < 1.29 is 13.6 Å². The summed E-state index contributed by atoms with van der Waals surface area (Å²) in [5.74, 6) is -2.28. The molecule has 2 aromatic rings. The molecule has 2 nitrogen and oxygen atoms in total. The topological polar surface area (TPSA) is 30.0 Å². The van der Waals surface area contributed by atoms with Crippen molar-refractivity contribution in [3.05, 3.63) is 63.4 Å². The van der Waals surface area contributed by atoms with E-state index in [1.165, 1.54) is 12.4 Å². The van der Waals surface area contributed by atoms with Crippen molar-refractivity contribution in [2.45, 2.75) is 6.42 Å². The van der Waals surface area contributed by atoms with Gasteiger partial charge >= 0.3 is 0 Å². The number of rotatable bonds is 3. The Morgan fingerprint density at radius 2 is 1.89 bits per heavy atom. The van der Waals surface area contributed by atoms with Gasteiger partial charge < -0.3 is 0 Å². The third-order valence-corrected chi connectivity index (χ3v) is 3.15. The highest BCUT2D eigenvalue weighted by Crippen LogP contribution is 2.22. The molecule has 6 heteroatoms. The van der Waals surface area contributed by atoms with Crippen LogP contribution in [0, 0.1) is 11.6 Å². The summed E-state index contributed by atoms with van der Waals surface area (Å²) in [6, 6.07) is 3.11. The molecule has 19 heavy (non-hydrogen) atoms.